The molecule has 0 unspecified atom stereocenters. The number of aryl methyl sites for hydroxylation is 2. The van der Waals surface area contributed by atoms with Gasteiger partial charge in [0.25, 0.3) is 0 Å². The van der Waals surface area contributed by atoms with E-state index in [1.807, 2.05) is 6.07 Å². The maximum atomic E-state index is 11.3. The number of aromatic amines is 1. The summed E-state index contributed by atoms with van der Waals surface area (Å²) in [6, 6.07) is 4.09. The van der Waals surface area contributed by atoms with Gasteiger partial charge in [0, 0.05) is 18.0 Å². The van der Waals surface area contributed by atoms with E-state index < -0.39 is 0 Å². The largest absolute Gasteiger partial charge is 0.358 e. The number of H-pyrrole nitrogens is 1. The molecule has 0 saturated carbocycles. The number of nitrogens with one attached hydrogen (secondary N) is 2. The average Bonchev–Trinajstić information content (AvgIpc) is 2.55. The highest BCUT2D eigenvalue weighted by Crippen LogP contribution is 2.34. The van der Waals surface area contributed by atoms with Crippen molar-refractivity contribution in [1.29, 1.82) is 0 Å². The summed E-state index contributed by atoms with van der Waals surface area (Å²) in [6.07, 6.45) is 0. The number of anilines is 1. The molecule has 2 N–H and O–H groups in total. The van der Waals surface area contributed by atoms with E-state index >= 15 is 0 Å². The molecule has 0 atom stereocenters. The smallest absolute Gasteiger partial charge is 0.221 e. The Morgan fingerprint density at radius 3 is 2.50 bits per heavy atom. The van der Waals surface area contributed by atoms with Gasteiger partial charge in [-0.1, -0.05) is 19.9 Å². The van der Waals surface area contributed by atoms with Crippen LogP contribution >= 0.6 is 0 Å². The SMILES string of the molecule is CC(=O)Nc1ccc(C(C)C)c2[nH]c(C)c(C)c12. The van der Waals surface area contributed by atoms with Gasteiger partial charge >= 0.3 is 0 Å². The number of hydrogen-bond donors (Lipinski definition) is 2. The number of carbonyl (C=O) groups is 1. The molecule has 0 fully saturated rings. The Labute approximate surface area is 108 Å². The van der Waals surface area contributed by atoms with Crippen molar-refractivity contribution in [1.82, 2.24) is 4.98 Å². The van der Waals surface area contributed by atoms with Gasteiger partial charge in [0.2, 0.25) is 5.91 Å². The second kappa shape index (κ2) is 4.48. The quantitative estimate of drug-likeness (QED) is 0.827. The van der Waals surface area contributed by atoms with Crippen LogP contribution in [0.3, 0.4) is 0 Å². The highest BCUT2D eigenvalue weighted by atomic mass is 16.1. The Morgan fingerprint density at radius 1 is 1.28 bits per heavy atom. The molecule has 18 heavy (non-hydrogen) atoms. The minimum Gasteiger partial charge on any atom is -0.358 e. The Bertz CT molecular complexity index is 608. The van der Waals surface area contributed by atoms with Crippen molar-refractivity contribution in [2.75, 3.05) is 5.32 Å². The lowest BCUT2D eigenvalue weighted by atomic mass is 9.98. The molecule has 3 heteroatoms. The van der Waals surface area contributed by atoms with Crippen LogP contribution in [0.2, 0.25) is 0 Å². The highest BCUT2D eigenvalue weighted by molar-refractivity contribution is 6.03. The Balaban J connectivity index is 2.76. The van der Waals surface area contributed by atoms with E-state index in [1.54, 1.807) is 0 Å². The summed E-state index contributed by atoms with van der Waals surface area (Å²) in [5.74, 6) is 0.420. The van der Waals surface area contributed by atoms with Crippen LogP contribution in [0.25, 0.3) is 10.9 Å². The molecule has 1 amide bonds. The maximum absolute atomic E-state index is 11.3. The third kappa shape index (κ3) is 2.01. The number of hydrogen-bond acceptors (Lipinski definition) is 1. The zero-order chi connectivity index (χ0) is 13.4. The second-order valence-electron chi connectivity index (χ2n) is 5.16. The molecule has 2 aromatic rings. The number of fused-ring (bicyclic) bond motifs is 1. The summed E-state index contributed by atoms with van der Waals surface area (Å²) in [5, 5.41) is 4.04. The van der Waals surface area contributed by atoms with Crippen LogP contribution < -0.4 is 5.32 Å². The predicted molar refractivity (Wildman–Crippen MR) is 76.2 cm³/mol. The van der Waals surface area contributed by atoms with Gasteiger partial charge in [0.1, 0.15) is 0 Å². The van der Waals surface area contributed by atoms with Crippen LogP contribution in [0.4, 0.5) is 5.69 Å². The number of rotatable bonds is 2. The Hall–Kier alpha value is -1.77. The first-order valence-corrected chi connectivity index (χ1v) is 6.31. The zero-order valence-electron chi connectivity index (χ0n) is 11.6. The van der Waals surface area contributed by atoms with Crippen LogP contribution in [-0.2, 0) is 4.79 Å². The van der Waals surface area contributed by atoms with E-state index in [0.717, 1.165) is 22.3 Å². The normalized spacial score (nSPS) is 11.2. The van der Waals surface area contributed by atoms with Crippen LogP contribution in [0, 0.1) is 13.8 Å². The predicted octanol–water partition coefficient (Wildman–Crippen LogP) is 3.87. The fraction of sp³-hybridized carbons (Fsp3) is 0.400. The fourth-order valence-electron chi connectivity index (χ4n) is 2.39. The number of amides is 1. The molecule has 3 nitrogen and oxygen atoms in total. The zero-order valence-corrected chi connectivity index (χ0v) is 11.6. The van der Waals surface area contributed by atoms with Gasteiger partial charge in [-0.3, -0.25) is 4.79 Å². The molecule has 0 aliphatic carbocycles. The summed E-state index contributed by atoms with van der Waals surface area (Å²) in [7, 11) is 0. The molecule has 1 aromatic heterocycles. The Morgan fingerprint density at radius 2 is 1.94 bits per heavy atom. The number of benzene rings is 1. The van der Waals surface area contributed by atoms with Crippen LogP contribution in [0.5, 0.6) is 0 Å². The van der Waals surface area contributed by atoms with Crippen molar-refractivity contribution in [3.05, 3.63) is 29.0 Å². The van der Waals surface area contributed by atoms with E-state index in [1.165, 1.54) is 18.1 Å². The van der Waals surface area contributed by atoms with Crippen LogP contribution in [0.15, 0.2) is 12.1 Å². The standard InChI is InChI=1S/C15H20N2O/c1-8(2)12-6-7-13(17-11(5)18)14-9(3)10(4)16-15(12)14/h6-8,16H,1-5H3,(H,17,18). The summed E-state index contributed by atoms with van der Waals surface area (Å²) in [5.41, 5.74) is 5.69. The lowest BCUT2D eigenvalue weighted by molar-refractivity contribution is -0.114. The first-order valence-electron chi connectivity index (χ1n) is 6.31. The van der Waals surface area contributed by atoms with Gasteiger partial charge in [-0.25, -0.2) is 0 Å². The summed E-state index contributed by atoms with van der Waals surface area (Å²) in [4.78, 5) is 14.7. The van der Waals surface area contributed by atoms with E-state index in [9.17, 15) is 4.79 Å². The molecule has 0 spiro atoms. The molecular formula is C15H20N2O. The highest BCUT2D eigenvalue weighted by Gasteiger charge is 2.14. The Kier molecular flexibility index (Phi) is 3.16. The van der Waals surface area contributed by atoms with Crippen LogP contribution in [0.1, 0.15) is 43.5 Å². The molecule has 0 saturated heterocycles. The van der Waals surface area contributed by atoms with Crippen molar-refractivity contribution in [2.24, 2.45) is 0 Å². The van der Waals surface area contributed by atoms with Gasteiger partial charge in [-0.2, -0.15) is 0 Å². The first-order chi connectivity index (χ1) is 8.41. The molecule has 0 aliphatic rings. The van der Waals surface area contributed by atoms with E-state index in [2.05, 4.69) is 44.1 Å². The van der Waals surface area contributed by atoms with Gasteiger partial charge in [-0.15, -0.1) is 0 Å². The van der Waals surface area contributed by atoms with Crippen molar-refractivity contribution in [2.45, 2.75) is 40.5 Å². The van der Waals surface area contributed by atoms with Gasteiger partial charge in [0.15, 0.2) is 0 Å². The molecule has 1 aromatic carbocycles. The summed E-state index contributed by atoms with van der Waals surface area (Å²) < 4.78 is 0. The van der Waals surface area contributed by atoms with E-state index in [4.69, 9.17) is 0 Å². The maximum Gasteiger partial charge on any atom is 0.221 e. The second-order valence-corrected chi connectivity index (χ2v) is 5.16. The van der Waals surface area contributed by atoms with E-state index in [0.29, 0.717) is 5.92 Å². The van der Waals surface area contributed by atoms with Gasteiger partial charge in [0.05, 0.1) is 11.2 Å². The third-order valence-corrected chi connectivity index (χ3v) is 3.42. The summed E-state index contributed by atoms with van der Waals surface area (Å²) in [6.45, 7) is 10.0. The van der Waals surface area contributed by atoms with Crippen molar-refractivity contribution < 1.29 is 4.79 Å². The average molecular weight is 244 g/mol. The molecule has 0 aliphatic heterocycles. The first kappa shape index (κ1) is 12.7. The van der Waals surface area contributed by atoms with Gasteiger partial charge in [-0.05, 0) is 37.0 Å². The van der Waals surface area contributed by atoms with Gasteiger partial charge < -0.3 is 10.3 Å². The van der Waals surface area contributed by atoms with Crippen molar-refractivity contribution in [3.8, 4) is 0 Å². The topological polar surface area (TPSA) is 44.9 Å². The molecular weight excluding hydrogens is 224 g/mol. The molecule has 0 bridgehead atoms. The van der Waals surface area contributed by atoms with Crippen molar-refractivity contribution >= 4 is 22.5 Å². The monoisotopic (exact) mass is 244 g/mol. The number of carbonyl (C=O) groups excluding carboxylic acids is 1. The fourth-order valence-corrected chi connectivity index (χ4v) is 2.39. The number of aromatic nitrogens is 1. The lowest BCUT2D eigenvalue weighted by Crippen LogP contribution is -2.06. The van der Waals surface area contributed by atoms with Crippen molar-refractivity contribution in [3.63, 3.8) is 0 Å². The molecule has 0 radical (unpaired) electrons. The minimum atomic E-state index is -0.0353. The summed E-state index contributed by atoms with van der Waals surface area (Å²) >= 11 is 0. The molecule has 2 rings (SSSR count). The van der Waals surface area contributed by atoms with Crippen LogP contribution in [-0.4, -0.2) is 10.9 Å². The van der Waals surface area contributed by atoms with E-state index in [-0.39, 0.29) is 5.91 Å². The minimum absolute atomic E-state index is 0.0353. The molecule has 1 heterocycles. The third-order valence-electron chi connectivity index (χ3n) is 3.42. The lowest BCUT2D eigenvalue weighted by Gasteiger charge is -2.11. The molecule has 96 valence electrons.